The smallest absolute Gasteiger partial charge is 0.304 e. The van der Waals surface area contributed by atoms with Crippen LogP contribution in [0.3, 0.4) is 0 Å². The van der Waals surface area contributed by atoms with Crippen molar-refractivity contribution in [3.05, 3.63) is 70.5 Å². The molecule has 2 aromatic carbocycles. The number of hydrogen-bond acceptors (Lipinski definition) is 7. The van der Waals surface area contributed by atoms with Gasteiger partial charge in [-0.15, -0.1) is 0 Å². The summed E-state index contributed by atoms with van der Waals surface area (Å²) in [6.45, 7) is 5.83. The standard InChI is InChI=1S/C39H46N6O6S/c1-3-45-36(33(24-40-45)39(47)42-17-19-51-20-18-42)29-21-28-22-30(50-2)12-14-31(28)37-35(26-9-5-4-6-10-26)32-13-11-27(23-34(32)44(37)25-29)38(46)41-52(48,49)43-15-7-8-16-43/h11-14,21-24,26H,3-10,15-20,25H2,1-2H3,(H,41,46). The maximum Gasteiger partial charge on any atom is 0.304 e. The van der Waals surface area contributed by atoms with Crippen LogP contribution in [0.15, 0.2) is 42.6 Å². The number of ether oxygens (including phenoxy) is 2. The summed E-state index contributed by atoms with van der Waals surface area (Å²) >= 11 is 0. The molecule has 13 heteroatoms. The number of allylic oxidation sites excluding steroid dienone is 1. The minimum atomic E-state index is -3.96. The maximum atomic E-state index is 14.1. The van der Waals surface area contributed by atoms with Crippen molar-refractivity contribution in [2.75, 3.05) is 46.5 Å². The second kappa shape index (κ2) is 14.2. The molecule has 2 amide bonds. The number of hydrogen-bond donors (Lipinski definition) is 1. The minimum Gasteiger partial charge on any atom is -0.497 e. The van der Waals surface area contributed by atoms with Crippen molar-refractivity contribution >= 4 is 44.6 Å². The van der Waals surface area contributed by atoms with Crippen LogP contribution in [0.4, 0.5) is 0 Å². The van der Waals surface area contributed by atoms with Gasteiger partial charge in [-0.05, 0) is 91.6 Å². The Bertz CT molecular complexity index is 2170. The van der Waals surface area contributed by atoms with Gasteiger partial charge in [0.15, 0.2) is 0 Å². The number of methoxy groups -OCH3 is 1. The van der Waals surface area contributed by atoms with Crippen molar-refractivity contribution in [3.8, 4) is 17.0 Å². The number of carbonyl (C=O) groups is 2. The molecule has 0 atom stereocenters. The van der Waals surface area contributed by atoms with E-state index in [2.05, 4.69) is 21.4 Å². The van der Waals surface area contributed by atoms with Gasteiger partial charge in [0.1, 0.15) is 5.75 Å². The molecule has 0 bridgehead atoms. The largest absolute Gasteiger partial charge is 0.497 e. The highest BCUT2D eigenvalue weighted by Crippen LogP contribution is 2.48. The van der Waals surface area contributed by atoms with Crippen LogP contribution in [0.2, 0.25) is 0 Å². The zero-order valence-electron chi connectivity index (χ0n) is 29.9. The first-order valence-electron chi connectivity index (χ1n) is 18.6. The van der Waals surface area contributed by atoms with Crippen molar-refractivity contribution in [1.82, 2.24) is 28.3 Å². The molecule has 0 radical (unpaired) electrons. The molecule has 1 aliphatic carbocycles. The van der Waals surface area contributed by atoms with Gasteiger partial charge in [-0.3, -0.25) is 14.3 Å². The topological polar surface area (TPSA) is 128 Å². The predicted molar refractivity (Wildman–Crippen MR) is 199 cm³/mol. The van der Waals surface area contributed by atoms with Gasteiger partial charge in [0.2, 0.25) is 0 Å². The zero-order chi connectivity index (χ0) is 36.0. The molecule has 0 spiro atoms. The van der Waals surface area contributed by atoms with Gasteiger partial charge in [0.05, 0.1) is 50.0 Å². The number of morpholine rings is 1. The summed E-state index contributed by atoms with van der Waals surface area (Å²) in [4.78, 5) is 29.6. The van der Waals surface area contributed by atoms with Crippen LogP contribution in [0, 0.1) is 0 Å². The van der Waals surface area contributed by atoms with E-state index in [1.807, 2.05) is 40.8 Å². The van der Waals surface area contributed by atoms with Crippen molar-refractivity contribution in [2.24, 2.45) is 0 Å². The number of aryl methyl sites for hydroxylation is 1. The van der Waals surface area contributed by atoms with Gasteiger partial charge in [0.25, 0.3) is 11.8 Å². The lowest BCUT2D eigenvalue weighted by molar-refractivity contribution is 0.0302. The highest BCUT2D eigenvalue weighted by molar-refractivity contribution is 7.87. The van der Waals surface area contributed by atoms with E-state index < -0.39 is 16.1 Å². The summed E-state index contributed by atoms with van der Waals surface area (Å²) in [6.07, 6.45) is 11.0. The second-order valence-electron chi connectivity index (χ2n) is 14.2. The molecule has 4 aromatic rings. The second-order valence-corrected chi connectivity index (χ2v) is 15.9. The summed E-state index contributed by atoms with van der Waals surface area (Å²) in [5, 5.41) is 5.75. The fourth-order valence-electron chi connectivity index (χ4n) is 8.55. The Hall–Kier alpha value is -4.46. The average molecular weight is 727 g/mol. The lowest BCUT2D eigenvalue weighted by Gasteiger charge is -2.27. The van der Waals surface area contributed by atoms with E-state index >= 15 is 0 Å². The van der Waals surface area contributed by atoms with Crippen molar-refractivity contribution < 1.29 is 27.5 Å². The summed E-state index contributed by atoms with van der Waals surface area (Å²) < 4.78 is 45.3. The number of aromatic nitrogens is 3. The van der Waals surface area contributed by atoms with Crippen LogP contribution in [-0.4, -0.2) is 90.3 Å². The number of amides is 2. The monoisotopic (exact) mass is 726 g/mol. The van der Waals surface area contributed by atoms with E-state index in [9.17, 15) is 18.0 Å². The Morgan fingerprint density at radius 1 is 0.962 bits per heavy atom. The van der Waals surface area contributed by atoms with E-state index in [0.29, 0.717) is 64.0 Å². The molecule has 2 aromatic heterocycles. The average Bonchev–Trinajstić information content (AvgIpc) is 3.92. The zero-order valence-corrected chi connectivity index (χ0v) is 30.7. The first-order valence-corrected chi connectivity index (χ1v) is 20.0. The van der Waals surface area contributed by atoms with Crippen LogP contribution in [0.5, 0.6) is 5.75 Å². The van der Waals surface area contributed by atoms with Crippen LogP contribution in [0.1, 0.15) is 95.3 Å². The Morgan fingerprint density at radius 3 is 2.46 bits per heavy atom. The van der Waals surface area contributed by atoms with E-state index in [-0.39, 0.29) is 11.5 Å². The molecule has 8 rings (SSSR count). The van der Waals surface area contributed by atoms with Crippen LogP contribution in [-0.2, 0) is 28.0 Å². The van der Waals surface area contributed by atoms with Crippen LogP contribution < -0.4 is 9.46 Å². The fourth-order valence-corrected chi connectivity index (χ4v) is 9.77. The summed E-state index contributed by atoms with van der Waals surface area (Å²) in [7, 11) is -2.30. The van der Waals surface area contributed by atoms with Crippen LogP contribution >= 0.6 is 0 Å². The number of rotatable bonds is 8. The highest BCUT2D eigenvalue weighted by atomic mass is 32.2. The third-order valence-electron chi connectivity index (χ3n) is 11.1. The van der Waals surface area contributed by atoms with Gasteiger partial charge < -0.3 is 18.9 Å². The van der Waals surface area contributed by atoms with Crippen molar-refractivity contribution in [2.45, 2.75) is 70.9 Å². The summed E-state index contributed by atoms with van der Waals surface area (Å²) in [5.41, 5.74) is 7.67. The van der Waals surface area contributed by atoms with Crippen LogP contribution in [0.25, 0.3) is 33.8 Å². The van der Waals surface area contributed by atoms with Gasteiger partial charge in [0, 0.05) is 54.8 Å². The molecule has 4 aliphatic rings. The number of carbonyl (C=O) groups excluding carboxylic acids is 2. The molecule has 3 fully saturated rings. The third-order valence-corrected chi connectivity index (χ3v) is 12.6. The Balaban J connectivity index is 1.32. The normalized spacial score (nSPS) is 18.5. The lowest BCUT2D eigenvalue weighted by Crippen LogP contribution is -2.42. The molecule has 274 valence electrons. The van der Waals surface area contributed by atoms with Crippen molar-refractivity contribution in [3.63, 3.8) is 0 Å². The molecule has 1 N–H and O–H groups in total. The predicted octanol–water partition coefficient (Wildman–Crippen LogP) is 5.68. The summed E-state index contributed by atoms with van der Waals surface area (Å²) in [5.74, 6) is 0.317. The Labute approximate surface area is 304 Å². The quantitative estimate of drug-likeness (QED) is 0.248. The Kier molecular flexibility index (Phi) is 9.43. The molecular weight excluding hydrogens is 681 g/mol. The minimum absolute atomic E-state index is 0.0762. The van der Waals surface area contributed by atoms with Crippen molar-refractivity contribution in [1.29, 1.82) is 0 Å². The Morgan fingerprint density at radius 2 is 1.73 bits per heavy atom. The molecule has 5 heterocycles. The van der Waals surface area contributed by atoms with Gasteiger partial charge in [-0.2, -0.15) is 17.8 Å². The highest BCUT2D eigenvalue weighted by Gasteiger charge is 2.33. The first kappa shape index (κ1) is 34.6. The van der Waals surface area contributed by atoms with E-state index in [1.165, 1.54) is 16.3 Å². The van der Waals surface area contributed by atoms with Gasteiger partial charge in [-0.1, -0.05) is 25.3 Å². The summed E-state index contributed by atoms with van der Waals surface area (Å²) in [6, 6.07) is 11.7. The molecule has 12 nitrogen and oxygen atoms in total. The number of nitrogens with one attached hydrogen (secondary N) is 1. The molecule has 3 aliphatic heterocycles. The fraction of sp³-hybridized carbons (Fsp3) is 0.462. The molecule has 1 saturated carbocycles. The number of benzene rings is 2. The lowest BCUT2D eigenvalue weighted by atomic mass is 9.81. The molecule has 2 saturated heterocycles. The van der Waals surface area contributed by atoms with Gasteiger partial charge >= 0.3 is 10.2 Å². The molecule has 52 heavy (non-hydrogen) atoms. The third kappa shape index (κ3) is 6.22. The number of fused-ring (bicyclic) bond motifs is 5. The maximum absolute atomic E-state index is 14.1. The van der Waals surface area contributed by atoms with Gasteiger partial charge in [-0.25, -0.2) is 4.72 Å². The SMILES string of the molecule is CCn1ncc(C(=O)N2CCOCC2)c1C1=Cc2cc(OC)ccc2-c2c(C3CCCCC3)c3ccc(C(=O)NS(=O)(=O)N4CCCC4)cc3n2C1. The number of nitrogens with zero attached hydrogens (tertiary/aromatic N) is 5. The van der Waals surface area contributed by atoms with E-state index in [4.69, 9.17) is 14.6 Å². The molecular formula is C39H46N6O6S. The van der Waals surface area contributed by atoms with E-state index in [1.54, 1.807) is 19.4 Å². The van der Waals surface area contributed by atoms with E-state index in [0.717, 1.165) is 83.3 Å². The first-order chi connectivity index (χ1) is 25.3. The molecule has 0 unspecified atom stereocenters.